The van der Waals surface area contributed by atoms with Gasteiger partial charge in [0.25, 0.3) is 11.2 Å². The number of hydrogen-bond acceptors (Lipinski definition) is 5. The summed E-state index contributed by atoms with van der Waals surface area (Å²) >= 11 is 0. The van der Waals surface area contributed by atoms with Gasteiger partial charge in [-0.3, -0.25) is 14.9 Å². The normalized spacial score (nSPS) is 11.5. The van der Waals surface area contributed by atoms with Gasteiger partial charge in [-0.1, -0.05) is 24.3 Å². The van der Waals surface area contributed by atoms with Crippen molar-refractivity contribution in [3.8, 4) is 0 Å². The molecule has 0 fully saturated rings. The number of fused-ring (bicyclic) bond motifs is 1. The highest BCUT2D eigenvalue weighted by Gasteiger charge is 2.08. The third-order valence-corrected chi connectivity index (χ3v) is 3.34. The highest BCUT2D eigenvalue weighted by atomic mass is 16.6. The molecule has 118 valence electrons. The Morgan fingerprint density at radius 3 is 2.71 bits per heavy atom. The molecule has 3 rings (SSSR count). The van der Waals surface area contributed by atoms with Crippen molar-refractivity contribution in [1.82, 2.24) is 9.66 Å². The Morgan fingerprint density at radius 2 is 1.88 bits per heavy atom. The van der Waals surface area contributed by atoms with E-state index < -0.39 is 4.92 Å². The second-order valence-corrected chi connectivity index (χ2v) is 4.85. The topological polar surface area (TPSA) is 90.4 Å². The van der Waals surface area contributed by atoms with Gasteiger partial charge in [0.05, 0.1) is 21.4 Å². The van der Waals surface area contributed by atoms with Gasteiger partial charge in [0, 0.05) is 12.3 Å². The van der Waals surface area contributed by atoms with E-state index >= 15 is 0 Å². The lowest BCUT2D eigenvalue weighted by molar-refractivity contribution is -0.385. The minimum absolute atomic E-state index is 0.00619. The summed E-state index contributed by atoms with van der Waals surface area (Å²) in [5, 5.41) is 15.4. The van der Waals surface area contributed by atoms with Crippen molar-refractivity contribution in [2.24, 2.45) is 5.10 Å². The fraction of sp³-hybridized carbons (Fsp3) is 0. The lowest BCUT2D eigenvalue weighted by Crippen LogP contribution is -2.16. The van der Waals surface area contributed by atoms with Gasteiger partial charge in [-0.2, -0.15) is 9.78 Å². The maximum absolute atomic E-state index is 12.2. The standard InChI is InChI=1S/C17H12N4O3/c22-17-14-8-2-3-9-15(14)18-12-20(17)19-11-5-7-13-6-1-4-10-16(13)21(23)24/h1-12H/b7-5+,19-11+. The van der Waals surface area contributed by atoms with Crippen LogP contribution >= 0.6 is 0 Å². The second kappa shape index (κ2) is 6.66. The number of nitro benzene ring substituents is 1. The molecule has 0 radical (unpaired) electrons. The largest absolute Gasteiger partial charge is 0.281 e. The van der Waals surface area contributed by atoms with E-state index in [1.807, 2.05) is 0 Å². The summed E-state index contributed by atoms with van der Waals surface area (Å²) < 4.78 is 1.12. The van der Waals surface area contributed by atoms with E-state index in [2.05, 4.69) is 10.1 Å². The summed E-state index contributed by atoms with van der Waals surface area (Å²) in [6.07, 6.45) is 5.81. The number of para-hydroxylation sites is 2. The number of nitro groups is 1. The van der Waals surface area contributed by atoms with Gasteiger partial charge in [-0.05, 0) is 30.4 Å². The Balaban J connectivity index is 1.86. The van der Waals surface area contributed by atoms with Gasteiger partial charge in [0.15, 0.2) is 0 Å². The number of aromatic nitrogens is 2. The summed E-state index contributed by atoms with van der Waals surface area (Å²) in [6.45, 7) is 0. The Morgan fingerprint density at radius 1 is 1.12 bits per heavy atom. The highest BCUT2D eigenvalue weighted by molar-refractivity contribution is 5.80. The fourth-order valence-corrected chi connectivity index (χ4v) is 2.19. The van der Waals surface area contributed by atoms with Crippen LogP contribution in [0, 0.1) is 10.1 Å². The zero-order chi connectivity index (χ0) is 16.9. The van der Waals surface area contributed by atoms with Crippen molar-refractivity contribution in [1.29, 1.82) is 0 Å². The lowest BCUT2D eigenvalue weighted by atomic mass is 10.2. The van der Waals surface area contributed by atoms with Crippen LogP contribution in [0.1, 0.15) is 5.56 Å². The van der Waals surface area contributed by atoms with Crippen LogP contribution in [0.15, 0.2) is 70.8 Å². The van der Waals surface area contributed by atoms with Crippen molar-refractivity contribution in [3.05, 3.63) is 87.0 Å². The van der Waals surface area contributed by atoms with Gasteiger partial charge in [0.2, 0.25) is 0 Å². The molecule has 0 atom stereocenters. The first-order valence-corrected chi connectivity index (χ1v) is 7.07. The van der Waals surface area contributed by atoms with E-state index in [1.54, 1.807) is 48.5 Å². The number of allylic oxidation sites excluding steroid dienone is 1. The molecule has 0 amide bonds. The van der Waals surface area contributed by atoms with Crippen molar-refractivity contribution in [2.45, 2.75) is 0 Å². The molecular formula is C17H12N4O3. The van der Waals surface area contributed by atoms with E-state index in [1.165, 1.54) is 24.7 Å². The number of benzene rings is 2. The zero-order valence-electron chi connectivity index (χ0n) is 12.4. The molecule has 0 aliphatic heterocycles. The van der Waals surface area contributed by atoms with Crippen molar-refractivity contribution >= 4 is 28.9 Å². The predicted octanol–water partition coefficient (Wildman–Crippen LogP) is 2.85. The van der Waals surface area contributed by atoms with Crippen LogP contribution in [-0.2, 0) is 0 Å². The molecule has 0 saturated heterocycles. The summed E-state index contributed by atoms with van der Waals surface area (Å²) in [7, 11) is 0. The molecule has 0 N–H and O–H groups in total. The van der Waals surface area contributed by atoms with Crippen LogP contribution < -0.4 is 5.56 Å². The molecule has 2 aromatic carbocycles. The molecule has 7 nitrogen and oxygen atoms in total. The molecule has 1 heterocycles. The SMILES string of the molecule is O=c1c2ccccc2ncn1/N=C/C=C/c1ccccc1[N+](=O)[O-]. The Kier molecular flexibility index (Phi) is 4.24. The number of rotatable bonds is 4. The van der Waals surface area contributed by atoms with Crippen LogP contribution in [0.2, 0.25) is 0 Å². The lowest BCUT2D eigenvalue weighted by Gasteiger charge is -1.99. The van der Waals surface area contributed by atoms with Crippen molar-refractivity contribution in [2.75, 3.05) is 0 Å². The van der Waals surface area contributed by atoms with Crippen LogP contribution in [0.4, 0.5) is 5.69 Å². The molecule has 0 saturated carbocycles. The minimum atomic E-state index is -0.450. The van der Waals surface area contributed by atoms with Crippen molar-refractivity contribution in [3.63, 3.8) is 0 Å². The molecule has 0 spiro atoms. The Labute approximate surface area is 136 Å². The molecule has 3 aromatic rings. The fourth-order valence-electron chi connectivity index (χ4n) is 2.19. The van der Waals surface area contributed by atoms with Gasteiger partial charge in [-0.25, -0.2) is 4.98 Å². The molecule has 0 bridgehead atoms. The van der Waals surface area contributed by atoms with E-state index in [0.29, 0.717) is 16.5 Å². The maximum Gasteiger partial charge on any atom is 0.281 e. The summed E-state index contributed by atoms with van der Waals surface area (Å²) in [5.41, 5.74) is 0.782. The van der Waals surface area contributed by atoms with Gasteiger partial charge >= 0.3 is 0 Å². The molecule has 0 aliphatic rings. The zero-order valence-corrected chi connectivity index (χ0v) is 12.4. The Hall–Kier alpha value is -3.61. The quantitative estimate of drug-likeness (QED) is 0.420. The molecular weight excluding hydrogens is 308 g/mol. The average molecular weight is 320 g/mol. The third kappa shape index (κ3) is 3.09. The second-order valence-electron chi connectivity index (χ2n) is 4.85. The smallest absolute Gasteiger partial charge is 0.267 e. The molecule has 24 heavy (non-hydrogen) atoms. The van der Waals surface area contributed by atoms with Crippen LogP contribution in [0.5, 0.6) is 0 Å². The number of nitrogens with zero attached hydrogens (tertiary/aromatic N) is 4. The van der Waals surface area contributed by atoms with E-state index in [-0.39, 0.29) is 11.2 Å². The minimum Gasteiger partial charge on any atom is -0.267 e. The highest BCUT2D eigenvalue weighted by Crippen LogP contribution is 2.18. The molecule has 1 aromatic heterocycles. The van der Waals surface area contributed by atoms with Gasteiger partial charge < -0.3 is 0 Å². The molecule has 0 unspecified atom stereocenters. The number of hydrogen-bond donors (Lipinski definition) is 0. The van der Waals surface area contributed by atoms with Gasteiger partial charge in [-0.15, -0.1) is 0 Å². The van der Waals surface area contributed by atoms with Crippen LogP contribution in [0.25, 0.3) is 17.0 Å². The molecule has 7 heteroatoms. The van der Waals surface area contributed by atoms with Crippen LogP contribution in [-0.4, -0.2) is 20.8 Å². The Bertz CT molecular complexity index is 1020. The first-order chi connectivity index (χ1) is 11.7. The predicted molar refractivity (Wildman–Crippen MR) is 92.0 cm³/mol. The van der Waals surface area contributed by atoms with Gasteiger partial charge in [0.1, 0.15) is 6.33 Å². The van der Waals surface area contributed by atoms with Crippen molar-refractivity contribution < 1.29 is 4.92 Å². The maximum atomic E-state index is 12.2. The summed E-state index contributed by atoms with van der Waals surface area (Å²) in [4.78, 5) is 26.9. The monoisotopic (exact) mass is 320 g/mol. The van der Waals surface area contributed by atoms with E-state index in [0.717, 1.165) is 4.68 Å². The summed E-state index contributed by atoms with van der Waals surface area (Å²) in [5.74, 6) is 0. The first kappa shape index (κ1) is 15.3. The first-order valence-electron chi connectivity index (χ1n) is 7.07. The average Bonchev–Trinajstić information content (AvgIpc) is 2.61. The molecule has 0 aliphatic carbocycles. The van der Waals surface area contributed by atoms with E-state index in [4.69, 9.17) is 0 Å². The summed E-state index contributed by atoms with van der Waals surface area (Å²) in [6, 6.07) is 13.4. The third-order valence-electron chi connectivity index (χ3n) is 3.34. The van der Waals surface area contributed by atoms with E-state index in [9.17, 15) is 14.9 Å². The van der Waals surface area contributed by atoms with Crippen LogP contribution in [0.3, 0.4) is 0 Å².